The standard InChI is InChI=1S/C12H10BrFN2O2S/c1-18-11(17)5-8-6-19-12(16-8)15-7-2-3-9(13)10(14)4-7/h2-4,6H,5H2,1H3,(H,15,16). The summed E-state index contributed by atoms with van der Waals surface area (Å²) in [6.45, 7) is 0. The van der Waals surface area contributed by atoms with Crippen LogP contribution in [-0.2, 0) is 16.0 Å². The molecule has 7 heteroatoms. The van der Waals surface area contributed by atoms with Crippen molar-refractivity contribution in [2.45, 2.75) is 6.42 Å². The number of rotatable bonds is 4. The van der Waals surface area contributed by atoms with Crippen LogP contribution in [0.15, 0.2) is 28.1 Å². The number of halogens is 2. The molecule has 0 spiro atoms. The third-order valence-electron chi connectivity index (χ3n) is 2.28. The highest BCUT2D eigenvalue weighted by Gasteiger charge is 2.08. The van der Waals surface area contributed by atoms with Crippen molar-refractivity contribution in [2.75, 3.05) is 12.4 Å². The largest absolute Gasteiger partial charge is 0.469 e. The van der Waals surface area contributed by atoms with Crippen LogP contribution in [0.5, 0.6) is 0 Å². The molecular formula is C12H10BrFN2O2S. The van der Waals surface area contributed by atoms with Crippen molar-refractivity contribution >= 4 is 44.1 Å². The lowest BCUT2D eigenvalue weighted by molar-refractivity contribution is -0.139. The van der Waals surface area contributed by atoms with Crippen LogP contribution in [0.25, 0.3) is 0 Å². The smallest absolute Gasteiger partial charge is 0.311 e. The second kappa shape index (κ2) is 6.12. The number of benzene rings is 1. The second-order valence-electron chi connectivity index (χ2n) is 3.65. The number of nitrogens with one attached hydrogen (secondary N) is 1. The minimum atomic E-state index is -0.351. The fraction of sp³-hybridized carbons (Fsp3) is 0.167. The summed E-state index contributed by atoms with van der Waals surface area (Å²) in [5.74, 6) is -0.692. The van der Waals surface area contributed by atoms with Gasteiger partial charge in [0.05, 0.1) is 23.7 Å². The summed E-state index contributed by atoms with van der Waals surface area (Å²) in [5, 5.41) is 5.33. The van der Waals surface area contributed by atoms with Gasteiger partial charge in [0, 0.05) is 11.1 Å². The molecule has 1 N–H and O–H groups in total. The normalized spacial score (nSPS) is 10.3. The molecule has 19 heavy (non-hydrogen) atoms. The van der Waals surface area contributed by atoms with E-state index in [2.05, 4.69) is 31.0 Å². The van der Waals surface area contributed by atoms with E-state index in [1.165, 1.54) is 24.5 Å². The van der Waals surface area contributed by atoms with Crippen LogP contribution in [-0.4, -0.2) is 18.1 Å². The Hall–Kier alpha value is -1.47. The number of hydrogen-bond donors (Lipinski definition) is 1. The van der Waals surface area contributed by atoms with Gasteiger partial charge in [-0.25, -0.2) is 9.37 Å². The topological polar surface area (TPSA) is 51.2 Å². The highest BCUT2D eigenvalue weighted by Crippen LogP contribution is 2.24. The van der Waals surface area contributed by atoms with Gasteiger partial charge >= 0.3 is 5.97 Å². The van der Waals surface area contributed by atoms with Crippen LogP contribution >= 0.6 is 27.3 Å². The van der Waals surface area contributed by atoms with E-state index in [1.54, 1.807) is 17.5 Å². The highest BCUT2D eigenvalue weighted by atomic mass is 79.9. The zero-order valence-corrected chi connectivity index (χ0v) is 12.3. The quantitative estimate of drug-likeness (QED) is 0.862. The molecule has 1 aromatic heterocycles. The van der Waals surface area contributed by atoms with Crippen LogP contribution < -0.4 is 5.32 Å². The summed E-state index contributed by atoms with van der Waals surface area (Å²) in [7, 11) is 1.33. The molecule has 100 valence electrons. The molecule has 0 atom stereocenters. The molecule has 1 heterocycles. The van der Waals surface area contributed by atoms with Crippen LogP contribution in [0.1, 0.15) is 5.69 Å². The van der Waals surface area contributed by atoms with Gasteiger partial charge in [-0.3, -0.25) is 4.79 Å². The van der Waals surface area contributed by atoms with Crippen molar-refractivity contribution in [2.24, 2.45) is 0 Å². The van der Waals surface area contributed by atoms with Crippen molar-refractivity contribution in [1.82, 2.24) is 4.98 Å². The fourth-order valence-corrected chi connectivity index (χ4v) is 2.34. The molecule has 0 aliphatic rings. The molecule has 1 aromatic carbocycles. The molecule has 0 bridgehead atoms. The first kappa shape index (κ1) is 14.0. The number of esters is 1. The molecule has 0 aliphatic carbocycles. The van der Waals surface area contributed by atoms with Crippen LogP contribution in [0.4, 0.5) is 15.2 Å². The Balaban J connectivity index is 2.07. The third kappa shape index (κ3) is 3.74. The lowest BCUT2D eigenvalue weighted by Crippen LogP contribution is -2.04. The Kier molecular flexibility index (Phi) is 4.49. The van der Waals surface area contributed by atoms with Crippen LogP contribution in [0, 0.1) is 5.82 Å². The molecule has 0 aliphatic heterocycles. The predicted octanol–water partition coefficient (Wildman–Crippen LogP) is 3.50. The van der Waals surface area contributed by atoms with Gasteiger partial charge in [0.25, 0.3) is 0 Å². The summed E-state index contributed by atoms with van der Waals surface area (Å²) < 4.78 is 18.3. The number of nitrogens with zero attached hydrogens (tertiary/aromatic N) is 1. The summed E-state index contributed by atoms with van der Waals surface area (Å²) >= 11 is 4.43. The Morgan fingerprint density at radius 3 is 3.05 bits per heavy atom. The molecule has 0 saturated carbocycles. The van der Waals surface area contributed by atoms with E-state index >= 15 is 0 Å². The number of methoxy groups -OCH3 is 1. The monoisotopic (exact) mass is 344 g/mol. The van der Waals surface area contributed by atoms with Gasteiger partial charge in [0.15, 0.2) is 5.13 Å². The van der Waals surface area contributed by atoms with E-state index in [9.17, 15) is 9.18 Å². The molecular weight excluding hydrogens is 335 g/mol. The number of aromatic nitrogens is 1. The molecule has 0 amide bonds. The Bertz CT molecular complexity index is 603. The highest BCUT2D eigenvalue weighted by molar-refractivity contribution is 9.10. The lowest BCUT2D eigenvalue weighted by atomic mass is 10.3. The van der Waals surface area contributed by atoms with E-state index in [1.807, 2.05) is 0 Å². The predicted molar refractivity (Wildman–Crippen MR) is 75.2 cm³/mol. The minimum Gasteiger partial charge on any atom is -0.469 e. The lowest BCUT2D eigenvalue weighted by Gasteiger charge is -2.03. The number of hydrogen-bond acceptors (Lipinski definition) is 5. The zero-order valence-electron chi connectivity index (χ0n) is 9.94. The number of carbonyl (C=O) groups is 1. The van der Waals surface area contributed by atoms with Gasteiger partial charge in [-0.15, -0.1) is 11.3 Å². The number of carbonyl (C=O) groups excluding carboxylic acids is 1. The maximum atomic E-state index is 13.3. The molecule has 0 fully saturated rings. The van der Waals surface area contributed by atoms with Crippen molar-refractivity contribution in [3.63, 3.8) is 0 Å². The van der Waals surface area contributed by atoms with Crippen molar-refractivity contribution in [3.8, 4) is 0 Å². The Morgan fingerprint density at radius 1 is 1.58 bits per heavy atom. The van der Waals surface area contributed by atoms with Gasteiger partial charge in [-0.2, -0.15) is 0 Å². The fourth-order valence-electron chi connectivity index (χ4n) is 1.36. The SMILES string of the molecule is COC(=O)Cc1csc(Nc2ccc(Br)c(F)c2)n1. The summed E-state index contributed by atoms with van der Waals surface area (Å²) in [6.07, 6.45) is 0.128. The van der Waals surface area contributed by atoms with Gasteiger partial charge in [0.2, 0.25) is 0 Å². The number of ether oxygens (including phenoxy) is 1. The third-order valence-corrected chi connectivity index (χ3v) is 3.73. The number of thiazole rings is 1. The zero-order chi connectivity index (χ0) is 13.8. The molecule has 0 radical (unpaired) electrons. The second-order valence-corrected chi connectivity index (χ2v) is 5.36. The first-order chi connectivity index (χ1) is 9.08. The van der Waals surface area contributed by atoms with Crippen molar-refractivity contribution < 1.29 is 13.9 Å². The first-order valence-corrected chi connectivity index (χ1v) is 6.99. The van der Waals surface area contributed by atoms with E-state index in [0.717, 1.165) is 0 Å². The van der Waals surface area contributed by atoms with E-state index in [4.69, 9.17) is 0 Å². The average molecular weight is 345 g/mol. The minimum absolute atomic E-state index is 0.128. The van der Waals surface area contributed by atoms with E-state index in [0.29, 0.717) is 21.0 Å². The van der Waals surface area contributed by atoms with Crippen LogP contribution in [0.2, 0.25) is 0 Å². The summed E-state index contributed by atoms with van der Waals surface area (Å²) in [5.41, 5.74) is 1.22. The Labute approximate surface area is 121 Å². The van der Waals surface area contributed by atoms with Crippen LogP contribution in [0.3, 0.4) is 0 Å². The van der Waals surface area contributed by atoms with Crippen molar-refractivity contribution in [3.05, 3.63) is 39.6 Å². The Morgan fingerprint density at radius 2 is 2.37 bits per heavy atom. The molecule has 4 nitrogen and oxygen atoms in total. The first-order valence-electron chi connectivity index (χ1n) is 5.32. The van der Waals surface area contributed by atoms with Gasteiger partial charge < -0.3 is 10.1 Å². The summed E-state index contributed by atoms with van der Waals surface area (Å²) in [4.78, 5) is 15.3. The summed E-state index contributed by atoms with van der Waals surface area (Å²) in [6, 6.07) is 4.71. The maximum absolute atomic E-state index is 13.3. The molecule has 0 saturated heterocycles. The average Bonchev–Trinajstić information content (AvgIpc) is 2.81. The van der Waals surface area contributed by atoms with E-state index < -0.39 is 0 Å². The molecule has 0 unspecified atom stereocenters. The van der Waals surface area contributed by atoms with E-state index in [-0.39, 0.29) is 18.2 Å². The molecule has 2 aromatic rings. The van der Waals surface area contributed by atoms with Gasteiger partial charge in [-0.05, 0) is 34.1 Å². The molecule has 2 rings (SSSR count). The van der Waals surface area contributed by atoms with Crippen molar-refractivity contribution in [1.29, 1.82) is 0 Å². The van der Waals surface area contributed by atoms with Gasteiger partial charge in [0.1, 0.15) is 5.82 Å². The van der Waals surface area contributed by atoms with Gasteiger partial charge in [-0.1, -0.05) is 0 Å². The number of anilines is 2. The maximum Gasteiger partial charge on any atom is 0.311 e.